The van der Waals surface area contributed by atoms with Crippen LogP contribution < -0.4 is 10.5 Å². The highest BCUT2D eigenvalue weighted by Crippen LogP contribution is 2.36. The van der Waals surface area contributed by atoms with E-state index in [9.17, 15) is 15.4 Å². The van der Waals surface area contributed by atoms with Crippen molar-refractivity contribution >= 4 is 22.4 Å². The van der Waals surface area contributed by atoms with Gasteiger partial charge in [-0.25, -0.2) is 4.98 Å². The predicted octanol–water partition coefficient (Wildman–Crippen LogP) is 3.27. The van der Waals surface area contributed by atoms with Crippen molar-refractivity contribution in [1.29, 1.82) is 5.26 Å². The molecule has 0 aliphatic rings. The zero-order chi connectivity index (χ0) is 17.3. The van der Waals surface area contributed by atoms with Crippen LogP contribution in [0.1, 0.15) is 5.56 Å². The van der Waals surface area contributed by atoms with Crippen molar-refractivity contribution in [2.45, 2.75) is 0 Å². The summed E-state index contributed by atoms with van der Waals surface area (Å²) in [5.74, 6) is 0.682. The average molecular weight is 320 g/mol. The van der Waals surface area contributed by atoms with E-state index in [4.69, 9.17) is 10.5 Å². The Labute approximate surface area is 137 Å². The Bertz CT molecular complexity index is 1010. The number of pyridine rings is 1. The lowest BCUT2D eigenvalue weighted by molar-refractivity contribution is -0.384. The Balaban J connectivity index is 2.43. The topological polar surface area (TPSA) is 115 Å². The summed E-state index contributed by atoms with van der Waals surface area (Å²) in [6.07, 6.45) is 0. The molecule has 3 rings (SSSR count). The molecule has 0 aliphatic carbocycles. The normalized spacial score (nSPS) is 10.3. The van der Waals surface area contributed by atoms with Gasteiger partial charge in [-0.05, 0) is 23.8 Å². The first-order valence-electron chi connectivity index (χ1n) is 6.97. The number of hydrogen-bond acceptors (Lipinski definition) is 6. The Morgan fingerprint density at radius 3 is 2.75 bits per heavy atom. The number of nitrogen functional groups attached to an aromatic ring is 1. The van der Waals surface area contributed by atoms with E-state index in [1.807, 2.05) is 6.07 Å². The van der Waals surface area contributed by atoms with Gasteiger partial charge in [0.15, 0.2) is 0 Å². The van der Waals surface area contributed by atoms with Gasteiger partial charge in [0.05, 0.1) is 17.5 Å². The van der Waals surface area contributed by atoms with Crippen LogP contribution in [0.4, 0.5) is 11.5 Å². The maximum Gasteiger partial charge on any atom is 0.270 e. The van der Waals surface area contributed by atoms with Gasteiger partial charge in [0.25, 0.3) is 5.69 Å². The Hall–Kier alpha value is -3.66. The lowest BCUT2D eigenvalue weighted by Gasteiger charge is -2.12. The van der Waals surface area contributed by atoms with Gasteiger partial charge in [0, 0.05) is 23.1 Å². The third-order valence-corrected chi connectivity index (χ3v) is 3.68. The third kappa shape index (κ3) is 2.46. The van der Waals surface area contributed by atoms with Gasteiger partial charge in [0.1, 0.15) is 23.2 Å². The van der Waals surface area contributed by atoms with Crippen LogP contribution in [-0.2, 0) is 0 Å². The maximum atomic E-state index is 11.1. The van der Waals surface area contributed by atoms with Crippen molar-refractivity contribution in [1.82, 2.24) is 4.98 Å². The number of nitrogens with zero attached hydrogens (tertiary/aromatic N) is 3. The number of benzene rings is 2. The van der Waals surface area contributed by atoms with Crippen molar-refractivity contribution in [3.63, 3.8) is 0 Å². The fourth-order valence-corrected chi connectivity index (χ4v) is 2.58. The van der Waals surface area contributed by atoms with Crippen LogP contribution in [0.3, 0.4) is 0 Å². The molecule has 1 heterocycles. The molecule has 7 nitrogen and oxygen atoms in total. The van der Waals surface area contributed by atoms with Crippen molar-refractivity contribution in [3.05, 3.63) is 58.1 Å². The highest BCUT2D eigenvalue weighted by atomic mass is 16.6. The number of nitro benzene ring substituents is 1. The number of methoxy groups -OCH3 is 1. The highest BCUT2D eigenvalue weighted by molar-refractivity contribution is 6.00. The fraction of sp³-hybridized carbons (Fsp3) is 0.0588. The number of anilines is 1. The van der Waals surface area contributed by atoms with E-state index in [1.165, 1.54) is 25.3 Å². The summed E-state index contributed by atoms with van der Waals surface area (Å²) in [5.41, 5.74) is 7.66. The standard InChI is InChI=1S/C17H12N4O3/c1-24-12-4-2-3-10(7-12)16-13-8-11(21(22)23)5-6-15(13)20-17(19)14(16)9-18/h2-8H,1H3,(H2,19,20). The smallest absolute Gasteiger partial charge is 0.270 e. The lowest BCUT2D eigenvalue weighted by atomic mass is 9.95. The van der Waals surface area contributed by atoms with E-state index in [-0.39, 0.29) is 17.1 Å². The molecule has 24 heavy (non-hydrogen) atoms. The zero-order valence-corrected chi connectivity index (χ0v) is 12.7. The van der Waals surface area contributed by atoms with Crippen molar-refractivity contribution in [2.75, 3.05) is 12.8 Å². The molecular formula is C17H12N4O3. The third-order valence-electron chi connectivity index (χ3n) is 3.68. The minimum Gasteiger partial charge on any atom is -0.497 e. The number of non-ortho nitro benzene ring substituents is 1. The molecule has 0 aliphatic heterocycles. The summed E-state index contributed by atoms with van der Waals surface area (Å²) in [5, 5.41) is 21.1. The number of ether oxygens (including phenoxy) is 1. The first-order chi connectivity index (χ1) is 11.5. The summed E-state index contributed by atoms with van der Waals surface area (Å²) >= 11 is 0. The summed E-state index contributed by atoms with van der Waals surface area (Å²) in [6.45, 7) is 0. The number of nitro groups is 1. The first-order valence-corrected chi connectivity index (χ1v) is 6.97. The molecule has 0 saturated carbocycles. The van der Waals surface area contributed by atoms with Gasteiger partial charge < -0.3 is 10.5 Å². The van der Waals surface area contributed by atoms with Crippen LogP contribution in [0.15, 0.2) is 42.5 Å². The van der Waals surface area contributed by atoms with Gasteiger partial charge in [-0.3, -0.25) is 10.1 Å². The molecule has 3 aromatic rings. The summed E-state index contributed by atoms with van der Waals surface area (Å²) in [6, 6.07) is 13.4. The largest absolute Gasteiger partial charge is 0.497 e. The van der Waals surface area contributed by atoms with Gasteiger partial charge in [-0.2, -0.15) is 5.26 Å². The quantitative estimate of drug-likeness (QED) is 0.585. The fourth-order valence-electron chi connectivity index (χ4n) is 2.58. The molecule has 2 aromatic carbocycles. The molecule has 0 unspecified atom stereocenters. The average Bonchev–Trinajstić information content (AvgIpc) is 2.60. The molecule has 0 radical (unpaired) electrons. The molecule has 2 N–H and O–H groups in total. The van der Waals surface area contributed by atoms with E-state index in [2.05, 4.69) is 4.98 Å². The predicted molar refractivity (Wildman–Crippen MR) is 89.5 cm³/mol. The Kier molecular flexibility index (Phi) is 3.72. The van der Waals surface area contributed by atoms with Crippen LogP contribution in [0.2, 0.25) is 0 Å². The number of rotatable bonds is 3. The van der Waals surface area contributed by atoms with E-state index in [0.717, 1.165) is 0 Å². The highest BCUT2D eigenvalue weighted by Gasteiger charge is 2.18. The molecule has 118 valence electrons. The van der Waals surface area contributed by atoms with Crippen LogP contribution in [0.5, 0.6) is 5.75 Å². The van der Waals surface area contributed by atoms with E-state index < -0.39 is 4.92 Å². The van der Waals surface area contributed by atoms with Gasteiger partial charge in [-0.15, -0.1) is 0 Å². The number of aromatic nitrogens is 1. The van der Waals surface area contributed by atoms with Crippen molar-refractivity contribution in [2.24, 2.45) is 0 Å². The zero-order valence-electron chi connectivity index (χ0n) is 12.7. The molecule has 0 bridgehead atoms. The van der Waals surface area contributed by atoms with E-state index in [0.29, 0.717) is 27.8 Å². The molecule has 0 atom stereocenters. The van der Waals surface area contributed by atoms with Crippen molar-refractivity contribution < 1.29 is 9.66 Å². The van der Waals surface area contributed by atoms with Gasteiger partial charge >= 0.3 is 0 Å². The Morgan fingerprint density at radius 1 is 1.29 bits per heavy atom. The monoisotopic (exact) mass is 320 g/mol. The van der Waals surface area contributed by atoms with Crippen LogP contribution >= 0.6 is 0 Å². The molecule has 0 amide bonds. The van der Waals surface area contributed by atoms with E-state index >= 15 is 0 Å². The SMILES string of the molecule is COc1cccc(-c2c(C#N)c(N)nc3ccc([N+](=O)[O-])cc23)c1. The Morgan fingerprint density at radius 2 is 2.08 bits per heavy atom. The minimum absolute atomic E-state index is 0.0803. The van der Waals surface area contributed by atoms with E-state index in [1.54, 1.807) is 24.3 Å². The number of fused-ring (bicyclic) bond motifs is 1. The summed E-state index contributed by atoms with van der Waals surface area (Å²) in [4.78, 5) is 14.8. The molecule has 1 aromatic heterocycles. The number of nitriles is 1. The number of nitrogens with two attached hydrogens (primary N) is 1. The molecule has 7 heteroatoms. The second kappa shape index (κ2) is 5.85. The van der Waals surface area contributed by atoms with Crippen LogP contribution in [-0.4, -0.2) is 17.0 Å². The second-order valence-electron chi connectivity index (χ2n) is 5.05. The van der Waals surface area contributed by atoms with Crippen LogP contribution in [0.25, 0.3) is 22.0 Å². The minimum atomic E-state index is -0.489. The summed E-state index contributed by atoms with van der Waals surface area (Å²) in [7, 11) is 1.54. The first kappa shape index (κ1) is 15.2. The number of hydrogen-bond donors (Lipinski definition) is 1. The van der Waals surface area contributed by atoms with Crippen LogP contribution in [0, 0.1) is 21.4 Å². The maximum absolute atomic E-state index is 11.1. The molecular weight excluding hydrogens is 308 g/mol. The van der Waals surface area contributed by atoms with Crippen molar-refractivity contribution in [3.8, 4) is 22.9 Å². The molecule has 0 fully saturated rings. The lowest BCUT2D eigenvalue weighted by Crippen LogP contribution is -2.00. The van der Waals surface area contributed by atoms with Gasteiger partial charge in [0.2, 0.25) is 0 Å². The van der Waals surface area contributed by atoms with Gasteiger partial charge in [-0.1, -0.05) is 12.1 Å². The molecule has 0 saturated heterocycles. The molecule has 0 spiro atoms. The second-order valence-corrected chi connectivity index (χ2v) is 5.05. The summed E-state index contributed by atoms with van der Waals surface area (Å²) < 4.78 is 5.22.